The van der Waals surface area contributed by atoms with Gasteiger partial charge in [0.1, 0.15) is 5.75 Å². The van der Waals surface area contributed by atoms with E-state index in [1.54, 1.807) is 49.7 Å². The van der Waals surface area contributed by atoms with E-state index in [2.05, 4.69) is 31.2 Å². The van der Waals surface area contributed by atoms with E-state index in [0.29, 0.717) is 23.1 Å². The zero-order valence-electron chi connectivity index (χ0n) is 23.0. The monoisotopic (exact) mass is 569 g/mol. The summed E-state index contributed by atoms with van der Waals surface area (Å²) < 4.78 is 7.47. The molecule has 0 unspecified atom stereocenters. The molecule has 2 aromatic carbocycles. The summed E-state index contributed by atoms with van der Waals surface area (Å²) in [6.45, 7) is 4.44. The molecular formula is C31H31N5O4S. The summed E-state index contributed by atoms with van der Waals surface area (Å²) in [5.41, 5.74) is 5.58. The van der Waals surface area contributed by atoms with Gasteiger partial charge in [0.2, 0.25) is 5.91 Å². The number of nitrogens with zero attached hydrogens (tertiary/aromatic N) is 3. The van der Waals surface area contributed by atoms with Crippen molar-refractivity contribution in [2.24, 2.45) is 0 Å². The Morgan fingerprint density at radius 2 is 1.80 bits per heavy atom. The average Bonchev–Trinajstić information content (AvgIpc) is 3.46. The van der Waals surface area contributed by atoms with Gasteiger partial charge >= 0.3 is 5.97 Å². The summed E-state index contributed by atoms with van der Waals surface area (Å²) in [4.78, 5) is 31.0. The molecule has 0 bridgehead atoms. The molecule has 2 aromatic heterocycles. The maximum atomic E-state index is 13.0. The zero-order chi connectivity index (χ0) is 29.1. The largest absolute Gasteiger partial charge is 0.495 e. The smallest absolute Gasteiger partial charge is 0.335 e. The number of aryl methyl sites for hydroxylation is 1. The van der Waals surface area contributed by atoms with E-state index in [0.717, 1.165) is 28.3 Å². The highest BCUT2D eigenvalue weighted by Gasteiger charge is 2.41. The van der Waals surface area contributed by atoms with E-state index in [9.17, 15) is 14.7 Å². The molecule has 9 nitrogen and oxygen atoms in total. The van der Waals surface area contributed by atoms with Crippen molar-refractivity contribution >= 4 is 34.9 Å². The van der Waals surface area contributed by atoms with Gasteiger partial charge in [-0.15, -0.1) is 0 Å². The molecule has 10 heteroatoms. The number of rotatable bonds is 9. The standard InChI is InChI=1S/C31H31N5O4S/c1-19-18-23(20(2)36(19)22-13-11-21(12-14-22)30(38)39)29-28(25-9-6-7-16-32-25)34-31(41)35(29)17-15-27(37)33-24-8-4-5-10-26(24)40-3/h4-14,16,18,28-29H,15,17H2,1-3H3,(H,33,37)(H,34,41)(H,38,39)/t28-,29+/m0/s1. The summed E-state index contributed by atoms with van der Waals surface area (Å²) in [6.07, 6.45) is 1.97. The van der Waals surface area contributed by atoms with Crippen LogP contribution in [-0.2, 0) is 4.79 Å². The Morgan fingerprint density at radius 3 is 2.49 bits per heavy atom. The lowest BCUT2D eigenvalue weighted by Crippen LogP contribution is -2.33. The van der Waals surface area contributed by atoms with Gasteiger partial charge in [-0.1, -0.05) is 18.2 Å². The molecule has 0 spiro atoms. The molecule has 3 N–H and O–H groups in total. The van der Waals surface area contributed by atoms with Crippen molar-refractivity contribution in [2.75, 3.05) is 19.0 Å². The van der Waals surface area contributed by atoms with E-state index < -0.39 is 5.97 Å². The van der Waals surface area contributed by atoms with Crippen molar-refractivity contribution in [3.63, 3.8) is 0 Å². The maximum Gasteiger partial charge on any atom is 0.335 e. The van der Waals surface area contributed by atoms with Crippen LogP contribution in [-0.4, -0.2) is 50.2 Å². The minimum absolute atomic E-state index is 0.152. The molecule has 0 radical (unpaired) electrons. The first-order chi connectivity index (χ1) is 19.8. The Hall–Kier alpha value is -4.70. The number of carboxylic acids is 1. The number of carbonyl (C=O) groups is 2. The highest BCUT2D eigenvalue weighted by atomic mass is 32.1. The second-order valence-electron chi connectivity index (χ2n) is 9.83. The molecule has 1 aliphatic heterocycles. The van der Waals surface area contributed by atoms with E-state index in [-0.39, 0.29) is 30.0 Å². The van der Waals surface area contributed by atoms with Crippen LogP contribution in [0.4, 0.5) is 5.69 Å². The van der Waals surface area contributed by atoms with E-state index in [1.807, 2.05) is 44.2 Å². The van der Waals surface area contributed by atoms with Gasteiger partial charge in [-0.05, 0) is 86.2 Å². The molecular weight excluding hydrogens is 538 g/mol. The molecule has 4 aromatic rings. The van der Waals surface area contributed by atoms with Crippen molar-refractivity contribution in [3.8, 4) is 11.4 Å². The van der Waals surface area contributed by atoms with Gasteiger partial charge in [-0.25, -0.2) is 4.79 Å². The molecule has 3 heterocycles. The number of thiocarbonyl (C=S) groups is 1. The number of anilines is 1. The van der Waals surface area contributed by atoms with Crippen LogP contribution in [0.1, 0.15) is 51.5 Å². The van der Waals surface area contributed by atoms with Crippen molar-refractivity contribution in [1.82, 2.24) is 19.8 Å². The first-order valence-corrected chi connectivity index (χ1v) is 13.6. The van der Waals surface area contributed by atoms with Crippen molar-refractivity contribution in [3.05, 3.63) is 107 Å². The van der Waals surface area contributed by atoms with Gasteiger partial charge in [0.25, 0.3) is 0 Å². The lowest BCUT2D eigenvalue weighted by molar-refractivity contribution is -0.116. The highest BCUT2D eigenvalue weighted by Crippen LogP contribution is 2.41. The number of amides is 1. The summed E-state index contributed by atoms with van der Waals surface area (Å²) in [5.74, 6) is -0.523. The number of pyridine rings is 1. The van der Waals surface area contributed by atoms with Crippen molar-refractivity contribution in [1.29, 1.82) is 0 Å². The summed E-state index contributed by atoms with van der Waals surface area (Å²) >= 11 is 5.80. The number of hydrogen-bond donors (Lipinski definition) is 3. The lowest BCUT2D eigenvalue weighted by Gasteiger charge is -2.28. The fourth-order valence-corrected chi connectivity index (χ4v) is 5.74. The minimum atomic E-state index is -0.965. The molecule has 41 heavy (non-hydrogen) atoms. The highest BCUT2D eigenvalue weighted by molar-refractivity contribution is 7.80. The first-order valence-electron chi connectivity index (χ1n) is 13.2. The van der Waals surface area contributed by atoms with Gasteiger partial charge in [-0.2, -0.15) is 0 Å². The molecule has 0 aliphatic carbocycles. The fraction of sp³-hybridized carbons (Fsp3) is 0.226. The first kappa shape index (κ1) is 27.9. The van der Waals surface area contributed by atoms with Crippen molar-refractivity contribution < 1.29 is 19.4 Å². The van der Waals surface area contributed by atoms with Crippen LogP contribution in [0.3, 0.4) is 0 Å². The molecule has 1 amide bonds. The number of ether oxygens (including phenoxy) is 1. The molecule has 1 aliphatic rings. The average molecular weight is 570 g/mol. The molecule has 1 fully saturated rings. The van der Waals surface area contributed by atoms with Crippen molar-refractivity contribution in [2.45, 2.75) is 32.4 Å². The maximum absolute atomic E-state index is 13.0. The third kappa shape index (κ3) is 5.64. The summed E-state index contributed by atoms with van der Waals surface area (Å²) in [5, 5.41) is 16.3. The SMILES string of the molecule is COc1ccccc1NC(=O)CCN1C(=S)N[C@@H](c2ccccn2)[C@H]1c1cc(C)n(-c2ccc(C(=O)O)cc2)c1C. The Balaban J connectivity index is 1.46. The van der Waals surface area contributed by atoms with Crippen LogP contribution in [0.15, 0.2) is 79.0 Å². The Kier molecular flexibility index (Phi) is 8.02. The number of hydrogen-bond acceptors (Lipinski definition) is 5. The van der Waals surface area contributed by atoms with Gasteiger partial charge in [0.05, 0.1) is 36.1 Å². The predicted octanol–water partition coefficient (Wildman–Crippen LogP) is 5.20. The molecule has 5 rings (SSSR count). The quantitative estimate of drug-likeness (QED) is 0.236. The zero-order valence-corrected chi connectivity index (χ0v) is 23.8. The molecule has 210 valence electrons. The molecule has 1 saturated heterocycles. The predicted molar refractivity (Wildman–Crippen MR) is 161 cm³/mol. The number of aromatic nitrogens is 2. The molecule has 2 atom stereocenters. The van der Waals surface area contributed by atoms with Crippen LogP contribution in [0.5, 0.6) is 5.75 Å². The molecule has 0 saturated carbocycles. The number of para-hydroxylation sites is 2. The lowest BCUT2D eigenvalue weighted by atomic mass is 9.96. The van der Waals surface area contributed by atoms with Crippen LogP contribution in [0.25, 0.3) is 5.69 Å². The van der Waals surface area contributed by atoms with E-state index in [1.165, 1.54) is 0 Å². The van der Waals surface area contributed by atoms with Gasteiger partial charge in [-0.3, -0.25) is 9.78 Å². The van der Waals surface area contributed by atoms with Crippen LogP contribution in [0.2, 0.25) is 0 Å². The number of benzene rings is 2. The number of carbonyl (C=O) groups excluding carboxylic acids is 1. The summed E-state index contributed by atoms with van der Waals surface area (Å²) in [6, 6.07) is 21.6. The number of carboxylic acid groups (broad SMARTS) is 1. The second kappa shape index (κ2) is 11.8. The Bertz CT molecular complexity index is 1590. The van der Waals surface area contributed by atoms with Crippen LogP contribution >= 0.6 is 12.2 Å². The van der Waals surface area contributed by atoms with Gasteiger partial charge in [0, 0.05) is 36.2 Å². The normalized spacial score (nSPS) is 16.4. The number of methoxy groups -OCH3 is 1. The van der Waals surface area contributed by atoms with E-state index in [4.69, 9.17) is 17.0 Å². The van der Waals surface area contributed by atoms with Crippen LogP contribution < -0.4 is 15.4 Å². The number of aromatic carboxylic acids is 1. The Morgan fingerprint density at radius 1 is 1.07 bits per heavy atom. The Labute approximate surface area is 243 Å². The fourth-order valence-electron chi connectivity index (χ4n) is 5.40. The summed E-state index contributed by atoms with van der Waals surface area (Å²) in [7, 11) is 1.57. The third-order valence-electron chi connectivity index (χ3n) is 7.32. The topological polar surface area (TPSA) is 109 Å². The number of nitrogens with one attached hydrogen (secondary N) is 2. The third-order valence-corrected chi connectivity index (χ3v) is 7.67. The second-order valence-corrected chi connectivity index (χ2v) is 10.2. The van der Waals surface area contributed by atoms with Gasteiger partial charge < -0.3 is 29.9 Å². The van der Waals surface area contributed by atoms with E-state index >= 15 is 0 Å². The van der Waals surface area contributed by atoms with Crippen LogP contribution in [0, 0.1) is 13.8 Å². The minimum Gasteiger partial charge on any atom is -0.495 e. The van der Waals surface area contributed by atoms with Gasteiger partial charge in [0.15, 0.2) is 5.11 Å².